The Morgan fingerprint density at radius 1 is 1.22 bits per heavy atom. The summed E-state index contributed by atoms with van der Waals surface area (Å²) in [5, 5.41) is 50.9. The third-order valence-electron chi connectivity index (χ3n) is 10.4. The average molecular weight is 859 g/mol. The average Bonchev–Trinajstić information content (AvgIpc) is 3.87. The number of carboxylic acids is 1. The molecule has 58 heavy (non-hydrogen) atoms. The number of thioether (sulfide) groups is 1. The van der Waals surface area contributed by atoms with Crippen LogP contribution in [0.15, 0.2) is 28.2 Å². The maximum Gasteiger partial charge on any atom is 1.00 e. The molecule has 0 saturated carbocycles. The molecular weight excluding hydrogens is 826 g/mol. The zero-order valence-corrected chi connectivity index (χ0v) is 37.1. The number of quaternary nitrogens is 1. The van der Waals surface area contributed by atoms with Crippen LogP contribution in [0.25, 0.3) is 5.70 Å². The SMILES string of the molecule is O=C=O.[CH2-][C@H](O/N=C(\C(=O)C[C@@H]1C(=O)N2C(c3nnn[n-]3)=C(C[N+]3(C)[C@@H]4CC[C@H]3CN(CC(=O)c3cc(O)c(O)c(F)c3)C4)CS[C@H]12)c1csc(N)n1)C(=O)[O-].[Na+].[Na+]. The third kappa shape index (κ3) is 9.55. The number of Topliss-reactive ketones (excluding diaryl/α,β-unsaturated/α-hetero) is 2. The van der Waals surface area contributed by atoms with Crippen LogP contribution in [0.5, 0.6) is 11.5 Å². The van der Waals surface area contributed by atoms with Gasteiger partial charge in [-0.05, 0) is 12.1 Å². The minimum Gasteiger partial charge on any atom is -0.549 e. The van der Waals surface area contributed by atoms with E-state index in [-0.39, 0.29) is 130 Å². The van der Waals surface area contributed by atoms with Gasteiger partial charge in [0.1, 0.15) is 24.3 Å². The summed E-state index contributed by atoms with van der Waals surface area (Å²) in [4.78, 5) is 80.4. The molecule has 3 aromatic rings. The number of nitrogens with two attached hydrogens (primary N) is 1. The topological polar surface area (TPSA) is 286 Å². The number of aromatic hydroxyl groups is 2. The molecule has 4 aliphatic heterocycles. The van der Waals surface area contributed by atoms with Gasteiger partial charge in [0.05, 0.1) is 55.5 Å². The number of rotatable bonds is 13. The molecule has 3 fully saturated rings. The van der Waals surface area contributed by atoms with Gasteiger partial charge >= 0.3 is 65.3 Å². The number of thiazole rings is 1. The Balaban J connectivity index is 0.00000144. The number of oxime groups is 1. The number of nitrogen functional groups attached to an aromatic ring is 1. The van der Waals surface area contributed by atoms with Crippen molar-refractivity contribution in [2.75, 3.05) is 44.7 Å². The van der Waals surface area contributed by atoms with Crippen molar-refractivity contribution in [3.8, 4) is 11.5 Å². The first-order valence-electron chi connectivity index (χ1n) is 16.9. The van der Waals surface area contributed by atoms with E-state index in [0.717, 1.165) is 41.9 Å². The summed E-state index contributed by atoms with van der Waals surface area (Å²) >= 11 is 2.54. The quantitative estimate of drug-likeness (QED) is 0.0210. The van der Waals surface area contributed by atoms with E-state index in [1.165, 1.54) is 17.1 Å². The summed E-state index contributed by atoms with van der Waals surface area (Å²) in [6.07, 6.45) is 0.0810. The van der Waals surface area contributed by atoms with Gasteiger partial charge in [-0.3, -0.25) is 41.4 Å². The summed E-state index contributed by atoms with van der Waals surface area (Å²) < 4.78 is 14.7. The number of hydrogen-bond acceptors (Lipinski definition) is 19. The number of β-lactam (4-membered cyclic amide) rings is 1. The number of hydrogen-bond donors (Lipinski definition) is 3. The number of likely N-dealkylation sites (N-methyl/N-ethyl adjacent to an activating group) is 1. The summed E-state index contributed by atoms with van der Waals surface area (Å²) in [6.45, 7) is 5.02. The largest absolute Gasteiger partial charge is 1.00 e. The number of carbonyl (C=O) groups excluding carboxylic acids is 6. The van der Waals surface area contributed by atoms with Crippen LogP contribution in [0.3, 0.4) is 0 Å². The number of halogens is 1. The first-order valence-corrected chi connectivity index (χ1v) is 18.8. The fraction of sp³-hybridized carbons (Fsp3) is 0.424. The molecule has 25 heteroatoms. The van der Waals surface area contributed by atoms with Crippen molar-refractivity contribution in [1.29, 1.82) is 0 Å². The number of fused-ring (bicyclic) bond motifs is 3. The Hall–Kier alpha value is -3.61. The van der Waals surface area contributed by atoms with E-state index in [1.54, 1.807) is 4.90 Å². The van der Waals surface area contributed by atoms with Crippen molar-refractivity contribution >= 4 is 69.2 Å². The number of likely N-dealkylation sites (tertiary alicyclic amines) is 1. The molecular formula is C33H33FN10Na2O10S2. The number of aliphatic carboxylic acids is 1. The maximum atomic E-state index is 14.0. The summed E-state index contributed by atoms with van der Waals surface area (Å²) in [6, 6.07) is 2.24. The van der Waals surface area contributed by atoms with Gasteiger partial charge in [-0.25, -0.2) is 9.37 Å². The van der Waals surface area contributed by atoms with Crippen LogP contribution in [0.1, 0.15) is 41.1 Å². The van der Waals surface area contributed by atoms with Gasteiger partial charge in [0.2, 0.25) is 5.91 Å². The standard InChI is InChI=1S/C32H35FN10O8S2.CO2.2Na/c1-14(31(49)50)51-38-25(21-13-53-32(34)35-21)22(44)7-19-29(48)42-26(28-36-39-40-37-28)16(12-52-30(19)42)11-43(2)17-3-4-18(43)9-41(8-17)10-24(46)15-5-20(33)27(47)23(45)6-15;2-1-3;;/h5-6,13-14,17-19,30H,1,3-4,7-12H2,2H3,(H6,34,35,36,37,38,39,40,44,45,46,47,49,50);;;/q;;2*+1/p-2/t14-,17-,18+,19+,30+,43?;;;/m0.../s1. The van der Waals surface area contributed by atoms with Gasteiger partial charge < -0.3 is 40.3 Å². The molecule has 1 amide bonds. The van der Waals surface area contributed by atoms with Gasteiger partial charge in [0, 0.05) is 47.6 Å². The normalized spacial score (nSPS) is 24.2. The smallest absolute Gasteiger partial charge is 0.549 e. The van der Waals surface area contributed by atoms with Crippen LogP contribution < -0.4 is 75.1 Å². The molecule has 0 aliphatic carbocycles. The Kier molecular flexibility index (Phi) is 15.9. The molecule has 6 atom stereocenters. The molecule has 4 N–H and O–H groups in total. The summed E-state index contributed by atoms with van der Waals surface area (Å²) in [5.41, 5.74) is 6.90. The molecule has 1 aromatic carbocycles. The number of carbonyl (C=O) groups is 4. The Bertz CT molecular complexity index is 2120. The van der Waals surface area contributed by atoms with Crippen molar-refractivity contribution in [2.24, 2.45) is 11.1 Å². The minimum atomic E-state index is -1.70. The predicted octanol–water partition coefficient (Wildman–Crippen LogP) is -7.41. The Morgan fingerprint density at radius 2 is 1.90 bits per heavy atom. The van der Waals surface area contributed by atoms with Crippen molar-refractivity contribution in [3.05, 3.63) is 52.9 Å². The predicted molar refractivity (Wildman–Crippen MR) is 188 cm³/mol. The Labute approximate surface area is 381 Å². The van der Waals surface area contributed by atoms with Crippen LogP contribution in [0, 0.1) is 18.7 Å². The molecule has 2 aromatic heterocycles. The number of anilines is 1. The fourth-order valence-corrected chi connectivity index (χ4v) is 9.57. The second-order valence-electron chi connectivity index (χ2n) is 13.6. The van der Waals surface area contributed by atoms with E-state index in [2.05, 4.69) is 44.7 Å². The van der Waals surface area contributed by atoms with Crippen LogP contribution in [-0.2, 0) is 28.8 Å². The van der Waals surface area contributed by atoms with Crippen LogP contribution >= 0.6 is 23.1 Å². The van der Waals surface area contributed by atoms with Crippen molar-refractivity contribution in [1.82, 2.24) is 35.4 Å². The first-order chi connectivity index (χ1) is 26.7. The van der Waals surface area contributed by atoms with Gasteiger partial charge in [-0.1, -0.05) is 5.16 Å². The second-order valence-corrected chi connectivity index (χ2v) is 15.6. The molecule has 296 valence electrons. The van der Waals surface area contributed by atoms with Crippen molar-refractivity contribution in [2.45, 2.75) is 42.8 Å². The number of nitrogens with zero attached hydrogens (tertiary/aromatic N) is 9. The molecule has 0 radical (unpaired) electrons. The number of aromatic nitrogens is 5. The molecule has 2 bridgehead atoms. The number of ketones is 2. The molecule has 1 unspecified atom stereocenters. The van der Waals surface area contributed by atoms with Gasteiger partial charge in [0.15, 0.2) is 39.7 Å². The number of piperazine rings is 1. The number of carboxylic acid groups (broad SMARTS) is 1. The third-order valence-corrected chi connectivity index (χ3v) is 12.4. The number of amides is 1. The van der Waals surface area contributed by atoms with Gasteiger partial charge in [-0.2, -0.15) is 14.8 Å². The van der Waals surface area contributed by atoms with Crippen LogP contribution in [0.4, 0.5) is 9.52 Å². The summed E-state index contributed by atoms with van der Waals surface area (Å²) in [7, 11) is 2.16. The molecule has 4 aliphatic rings. The molecule has 20 nitrogen and oxygen atoms in total. The fourth-order valence-electron chi connectivity index (χ4n) is 7.62. The zero-order valence-electron chi connectivity index (χ0n) is 31.4. The number of phenols is 2. The molecule has 3 saturated heterocycles. The van der Waals surface area contributed by atoms with Crippen molar-refractivity contribution < 1.29 is 117 Å². The molecule has 0 spiro atoms. The zero-order chi connectivity index (χ0) is 40.5. The van der Waals surface area contributed by atoms with E-state index >= 15 is 0 Å². The minimum absolute atomic E-state index is 0. The summed E-state index contributed by atoms with van der Waals surface area (Å²) in [5.74, 6) is -5.71. The first kappa shape index (κ1) is 47.1. The van der Waals surface area contributed by atoms with E-state index in [0.29, 0.717) is 35.6 Å². The van der Waals surface area contributed by atoms with Crippen LogP contribution in [-0.4, -0.2) is 143 Å². The van der Waals surface area contributed by atoms with E-state index in [1.807, 2.05) is 4.90 Å². The number of phenolic OH excluding ortho intramolecular Hbond substituents is 2. The van der Waals surface area contributed by atoms with E-state index in [9.17, 15) is 38.9 Å². The van der Waals surface area contributed by atoms with E-state index in [4.69, 9.17) is 20.2 Å². The van der Waals surface area contributed by atoms with Gasteiger partial charge in [-0.15, -0.1) is 23.1 Å². The van der Waals surface area contributed by atoms with Crippen LogP contribution in [0.2, 0.25) is 0 Å². The molecule has 6 heterocycles. The van der Waals surface area contributed by atoms with Crippen molar-refractivity contribution in [3.63, 3.8) is 0 Å². The molecule has 7 rings (SSSR count). The number of benzene rings is 1. The van der Waals surface area contributed by atoms with E-state index < -0.39 is 46.5 Å². The second kappa shape index (κ2) is 19.6. The monoisotopic (exact) mass is 858 g/mol. The number of tetrazole rings is 1. The Morgan fingerprint density at radius 3 is 2.47 bits per heavy atom. The van der Waals surface area contributed by atoms with Gasteiger partial charge in [0.25, 0.3) is 0 Å². The maximum absolute atomic E-state index is 14.0.